The Kier molecular flexibility index (Phi) is 6.02. The summed E-state index contributed by atoms with van der Waals surface area (Å²) >= 11 is 0. The third-order valence-electron chi connectivity index (χ3n) is 5.83. The molecule has 0 spiro atoms. The number of carboxylic acid groups (broad SMARTS) is 1. The van der Waals surface area contributed by atoms with E-state index in [-0.39, 0.29) is 18.9 Å². The van der Waals surface area contributed by atoms with Gasteiger partial charge in [0.05, 0.1) is 11.6 Å². The molecule has 3 N–H and O–H groups in total. The molecule has 1 aliphatic rings. The van der Waals surface area contributed by atoms with Gasteiger partial charge < -0.3 is 15.6 Å². The molecule has 160 valence electrons. The number of carboxylic acids is 1. The second-order valence-corrected chi connectivity index (χ2v) is 7.85. The highest BCUT2D eigenvalue weighted by Crippen LogP contribution is 2.44. The number of hydrogen-bond acceptors (Lipinski definition) is 5. The van der Waals surface area contributed by atoms with E-state index in [2.05, 4.69) is 0 Å². The first-order valence-electron chi connectivity index (χ1n) is 10.3. The third-order valence-corrected chi connectivity index (χ3v) is 5.83. The summed E-state index contributed by atoms with van der Waals surface area (Å²) in [7, 11) is 0. The van der Waals surface area contributed by atoms with Crippen LogP contribution in [0.3, 0.4) is 0 Å². The van der Waals surface area contributed by atoms with Crippen molar-refractivity contribution in [1.29, 1.82) is 5.26 Å². The number of nitrogens with two attached hydrogens (primary N) is 1. The van der Waals surface area contributed by atoms with Gasteiger partial charge in [-0.2, -0.15) is 5.26 Å². The Morgan fingerprint density at radius 2 is 1.62 bits per heavy atom. The van der Waals surface area contributed by atoms with E-state index in [1.807, 2.05) is 54.6 Å². The molecule has 4 rings (SSSR count). The summed E-state index contributed by atoms with van der Waals surface area (Å²) in [5, 5.41) is 18.7. The van der Waals surface area contributed by atoms with Gasteiger partial charge in [-0.3, -0.25) is 9.59 Å². The standard InChI is InChI=1S/C26H22N2O4/c27-14-17-7-5-6-16(12-17)13-23(28)24(25(29)30)26(31)32-15-22-20-10-3-1-8-18(20)19-9-2-4-11-21(19)22/h1-12,22-24H,13,15,28H2,(H,29,30)/t23?,24-/m0/s1. The largest absolute Gasteiger partial charge is 0.481 e. The lowest BCUT2D eigenvalue weighted by atomic mass is 9.93. The molecule has 0 saturated heterocycles. The number of carbonyl (C=O) groups is 2. The van der Waals surface area contributed by atoms with Gasteiger partial charge in [0, 0.05) is 12.0 Å². The molecular weight excluding hydrogens is 404 g/mol. The first-order valence-corrected chi connectivity index (χ1v) is 10.3. The Morgan fingerprint density at radius 1 is 1.00 bits per heavy atom. The summed E-state index contributed by atoms with van der Waals surface area (Å²) < 4.78 is 5.51. The van der Waals surface area contributed by atoms with E-state index in [9.17, 15) is 14.7 Å². The summed E-state index contributed by atoms with van der Waals surface area (Å²) in [4.78, 5) is 24.6. The quantitative estimate of drug-likeness (QED) is 0.442. The van der Waals surface area contributed by atoms with Crippen LogP contribution in [-0.4, -0.2) is 29.7 Å². The molecule has 0 bridgehead atoms. The zero-order valence-electron chi connectivity index (χ0n) is 17.3. The van der Waals surface area contributed by atoms with Gasteiger partial charge in [0.2, 0.25) is 0 Å². The topological polar surface area (TPSA) is 113 Å². The maximum absolute atomic E-state index is 12.8. The molecule has 0 heterocycles. The van der Waals surface area contributed by atoms with E-state index in [0.29, 0.717) is 11.1 Å². The van der Waals surface area contributed by atoms with Crippen LogP contribution < -0.4 is 5.73 Å². The number of fused-ring (bicyclic) bond motifs is 3. The van der Waals surface area contributed by atoms with Gasteiger partial charge in [0.1, 0.15) is 6.61 Å². The fourth-order valence-corrected chi connectivity index (χ4v) is 4.31. The summed E-state index contributed by atoms with van der Waals surface area (Å²) in [5.41, 5.74) is 11.5. The molecule has 3 aromatic carbocycles. The second kappa shape index (κ2) is 9.04. The summed E-state index contributed by atoms with van der Waals surface area (Å²) in [5.74, 6) is -3.86. The average Bonchev–Trinajstić information content (AvgIpc) is 3.11. The molecule has 0 radical (unpaired) electrons. The van der Waals surface area contributed by atoms with E-state index >= 15 is 0 Å². The summed E-state index contributed by atoms with van der Waals surface area (Å²) in [6, 6.07) is 23.6. The number of nitrogens with zero attached hydrogens (tertiary/aromatic N) is 1. The minimum Gasteiger partial charge on any atom is -0.481 e. The van der Waals surface area contributed by atoms with Crippen LogP contribution in [0.4, 0.5) is 0 Å². The van der Waals surface area contributed by atoms with Gasteiger partial charge in [-0.15, -0.1) is 0 Å². The molecule has 0 aliphatic heterocycles. The van der Waals surface area contributed by atoms with E-state index in [1.54, 1.807) is 24.3 Å². The van der Waals surface area contributed by atoms with Gasteiger partial charge in [-0.25, -0.2) is 0 Å². The summed E-state index contributed by atoms with van der Waals surface area (Å²) in [6.45, 7) is 0.0350. The van der Waals surface area contributed by atoms with Crippen LogP contribution >= 0.6 is 0 Å². The van der Waals surface area contributed by atoms with Gasteiger partial charge in [-0.05, 0) is 46.4 Å². The molecule has 6 heteroatoms. The van der Waals surface area contributed by atoms with Gasteiger partial charge in [0.15, 0.2) is 5.92 Å². The van der Waals surface area contributed by atoms with Gasteiger partial charge in [0.25, 0.3) is 0 Å². The van der Waals surface area contributed by atoms with E-state index < -0.39 is 23.9 Å². The van der Waals surface area contributed by atoms with Crippen LogP contribution in [-0.2, 0) is 20.7 Å². The number of aliphatic carboxylic acids is 1. The zero-order chi connectivity index (χ0) is 22.7. The Balaban J connectivity index is 1.49. The fourth-order valence-electron chi connectivity index (χ4n) is 4.31. The number of hydrogen-bond donors (Lipinski definition) is 2. The van der Waals surface area contributed by atoms with Crippen LogP contribution in [0.15, 0.2) is 72.8 Å². The molecule has 1 aliphatic carbocycles. The highest BCUT2D eigenvalue weighted by Gasteiger charge is 2.36. The highest BCUT2D eigenvalue weighted by atomic mass is 16.5. The number of nitriles is 1. The predicted molar refractivity (Wildman–Crippen MR) is 119 cm³/mol. The molecule has 1 unspecified atom stereocenters. The van der Waals surface area contributed by atoms with Crippen molar-refractivity contribution in [1.82, 2.24) is 0 Å². The van der Waals surface area contributed by atoms with E-state index in [0.717, 1.165) is 22.3 Å². The molecule has 0 amide bonds. The highest BCUT2D eigenvalue weighted by molar-refractivity contribution is 5.95. The van der Waals surface area contributed by atoms with Crippen LogP contribution in [0.1, 0.15) is 28.2 Å². The molecule has 2 atom stereocenters. The molecule has 32 heavy (non-hydrogen) atoms. The zero-order valence-corrected chi connectivity index (χ0v) is 17.3. The Labute approximate surface area is 185 Å². The fraction of sp³-hybridized carbons (Fsp3) is 0.192. The SMILES string of the molecule is N#Cc1cccc(CC(N)[C@@H](C(=O)O)C(=O)OCC2c3ccccc3-c3ccccc32)c1. The molecule has 0 saturated carbocycles. The van der Waals surface area contributed by atoms with Crippen molar-refractivity contribution in [2.45, 2.75) is 18.4 Å². The molecular formula is C26H22N2O4. The van der Waals surface area contributed by atoms with Crippen molar-refractivity contribution in [3.05, 3.63) is 95.1 Å². The molecule has 6 nitrogen and oxygen atoms in total. The lowest BCUT2D eigenvalue weighted by Gasteiger charge is -2.21. The van der Waals surface area contributed by atoms with Crippen molar-refractivity contribution in [2.75, 3.05) is 6.61 Å². The third kappa shape index (κ3) is 4.11. The second-order valence-electron chi connectivity index (χ2n) is 7.85. The van der Waals surface area contributed by atoms with Crippen molar-refractivity contribution in [2.24, 2.45) is 11.7 Å². The first kappa shape index (κ1) is 21.3. The Morgan fingerprint density at radius 3 is 2.22 bits per heavy atom. The van der Waals surface area contributed by atoms with E-state index in [4.69, 9.17) is 15.7 Å². The smallest absolute Gasteiger partial charge is 0.321 e. The monoisotopic (exact) mass is 426 g/mol. The van der Waals surface area contributed by atoms with Crippen molar-refractivity contribution < 1.29 is 19.4 Å². The average molecular weight is 426 g/mol. The lowest BCUT2D eigenvalue weighted by molar-refractivity contribution is -0.159. The van der Waals surface area contributed by atoms with Crippen molar-refractivity contribution in [3.63, 3.8) is 0 Å². The molecule has 0 aromatic heterocycles. The molecule has 0 fully saturated rings. The van der Waals surface area contributed by atoms with Crippen LogP contribution in [0.2, 0.25) is 0 Å². The Hall–Kier alpha value is -3.95. The van der Waals surface area contributed by atoms with Crippen LogP contribution in [0.5, 0.6) is 0 Å². The van der Waals surface area contributed by atoms with E-state index in [1.165, 1.54) is 0 Å². The lowest BCUT2D eigenvalue weighted by Crippen LogP contribution is -2.43. The maximum Gasteiger partial charge on any atom is 0.321 e. The number of ether oxygens (including phenoxy) is 1. The Bertz CT molecular complexity index is 1170. The van der Waals surface area contributed by atoms with Crippen LogP contribution in [0.25, 0.3) is 11.1 Å². The normalized spacial score (nSPS) is 14.0. The number of carbonyl (C=O) groups excluding carboxylic acids is 1. The number of rotatable bonds is 7. The minimum absolute atomic E-state index is 0.0350. The minimum atomic E-state index is -1.51. The van der Waals surface area contributed by atoms with Gasteiger partial charge in [-0.1, -0.05) is 60.7 Å². The van der Waals surface area contributed by atoms with Gasteiger partial charge >= 0.3 is 11.9 Å². The van der Waals surface area contributed by atoms with Crippen molar-refractivity contribution >= 4 is 11.9 Å². The number of benzene rings is 3. The maximum atomic E-state index is 12.8. The first-order chi connectivity index (χ1) is 15.5. The summed E-state index contributed by atoms with van der Waals surface area (Å²) in [6.07, 6.45) is 0.136. The number of esters is 1. The van der Waals surface area contributed by atoms with Crippen molar-refractivity contribution in [3.8, 4) is 17.2 Å². The predicted octanol–water partition coefficient (Wildman–Crippen LogP) is 3.48. The van der Waals surface area contributed by atoms with Crippen LogP contribution in [0, 0.1) is 17.2 Å². The molecule has 3 aromatic rings.